The van der Waals surface area contributed by atoms with Gasteiger partial charge in [0.2, 0.25) is 0 Å². The van der Waals surface area contributed by atoms with Crippen molar-refractivity contribution in [1.82, 2.24) is 15.2 Å². The van der Waals surface area contributed by atoms with Crippen LogP contribution in [0.3, 0.4) is 0 Å². The van der Waals surface area contributed by atoms with E-state index in [0.29, 0.717) is 25.2 Å². The Labute approximate surface area is 357 Å². The molecule has 346 valence electrons. The summed E-state index contributed by atoms with van der Waals surface area (Å²) in [7, 11) is 5.32. The van der Waals surface area contributed by atoms with Crippen LogP contribution in [0.15, 0.2) is 18.3 Å². The van der Waals surface area contributed by atoms with Gasteiger partial charge < -0.3 is 64.4 Å². The Bertz CT molecular complexity index is 1530. The van der Waals surface area contributed by atoms with Gasteiger partial charge in [-0.2, -0.15) is 0 Å². The highest BCUT2D eigenvalue weighted by Gasteiger charge is 2.58. The van der Waals surface area contributed by atoms with Crippen LogP contribution in [0.5, 0.6) is 0 Å². The Morgan fingerprint density at radius 3 is 2.27 bits per heavy atom. The first kappa shape index (κ1) is 50.6. The number of carbonyl (C=O) groups excluding carboxylic acids is 1. The van der Waals surface area contributed by atoms with Gasteiger partial charge in [0.15, 0.2) is 12.6 Å². The lowest BCUT2D eigenvalue weighted by atomic mass is 9.72. The number of halogens is 1. The van der Waals surface area contributed by atoms with Crippen molar-refractivity contribution < 1.29 is 58.0 Å². The number of aliphatic hydroxyl groups excluding tert-OH is 2. The molecule has 3 aliphatic heterocycles. The van der Waals surface area contributed by atoms with E-state index in [4.69, 9.17) is 28.4 Å². The first-order valence-electron chi connectivity index (χ1n) is 21.7. The molecule has 0 unspecified atom stereocenters. The van der Waals surface area contributed by atoms with Crippen LogP contribution >= 0.6 is 0 Å². The minimum atomic E-state index is -1.78. The number of rotatable bonds is 10. The minimum absolute atomic E-state index is 0.0343. The molecule has 1 aromatic rings. The van der Waals surface area contributed by atoms with E-state index in [1.54, 1.807) is 27.7 Å². The zero-order chi connectivity index (χ0) is 45.1. The van der Waals surface area contributed by atoms with E-state index in [9.17, 15) is 29.6 Å². The van der Waals surface area contributed by atoms with Crippen LogP contribution in [0.25, 0.3) is 0 Å². The lowest BCUT2D eigenvalue weighted by molar-refractivity contribution is -0.333. The van der Waals surface area contributed by atoms with Crippen molar-refractivity contribution in [2.45, 2.75) is 186 Å². The molecule has 3 saturated heterocycles. The molecule has 3 fully saturated rings. The van der Waals surface area contributed by atoms with Crippen molar-refractivity contribution >= 4 is 11.8 Å². The van der Waals surface area contributed by atoms with Crippen molar-refractivity contribution in [3.05, 3.63) is 24.1 Å². The molecule has 4 heterocycles. The van der Waals surface area contributed by atoms with E-state index in [1.807, 2.05) is 39.8 Å². The molecule has 17 atom stereocenters. The molecule has 1 aromatic heterocycles. The predicted octanol–water partition coefficient (Wildman–Crippen LogP) is 3.85. The molecule has 0 aliphatic carbocycles. The molecule has 15 nitrogen and oxygen atoms in total. The topological polar surface area (TPSA) is 194 Å². The molecule has 4 rings (SSSR count). The van der Waals surface area contributed by atoms with Gasteiger partial charge in [-0.3, -0.25) is 4.79 Å². The van der Waals surface area contributed by atoms with Gasteiger partial charge in [0, 0.05) is 38.1 Å². The van der Waals surface area contributed by atoms with Crippen molar-refractivity contribution in [1.29, 1.82) is 0 Å². The van der Waals surface area contributed by atoms with Crippen LogP contribution in [0, 0.1) is 29.0 Å². The van der Waals surface area contributed by atoms with Crippen molar-refractivity contribution in [2.24, 2.45) is 23.2 Å². The molecule has 16 heteroatoms. The summed E-state index contributed by atoms with van der Waals surface area (Å²) in [5, 5.41) is 53.8. The number of likely N-dealkylation sites (N-methyl/N-ethyl adjacent to an activating group) is 1. The van der Waals surface area contributed by atoms with Gasteiger partial charge >= 0.3 is 5.97 Å². The fourth-order valence-electron chi connectivity index (χ4n) is 9.79. The Kier molecular flexibility index (Phi) is 17.0. The Hall–Kier alpha value is -2.09. The third-order valence-corrected chi connectivity index (χ3v) is 13.8. The quantitative estimate of drug-likeness (QED) is 0.186. The zero-order valence-electron chi connectivity index (χ0n) is 38.5. The summed E-state index contributed by atoms with van der Waals surface area (Å²) in [4.78, 5) is 20.5. The lowest BCUT2D eigenvalue weighted by Crippen LogP contribution is -2.69. The van der Waals surface area contributed by atoms with E-state index in [1.165, 1.54) is 26.2 Å². The highest BCUT2D eigenvalue weighted by molar-refractivity contribution is 5.73. The zero-order valence-corrected chi connectivity index (χ0v) is 38.5. The third kappa shape index (κ3) is 11.2. The van der Waals surface area contributed by atoms with Crippen LogP contribution < -0.4 is 10.6 Å². The molecule has 0 amide bonds. The largest absolute Gasteiger partial charge is 0.459 e. The third-order valence-electron chi connectivity index (χ3n) is 13.8. The maximum atomic E-state index is 14.4. The van der Waals surface area contributed by atoms with Crippen LogP contribution in [-0.4, -0.2) is 155 Å². The van der Waals surface area contributed by atoms with Gasteiger partial charge in [0.1, 0.15) is 40.6 Å². The highest BCUT2D eigenvalue weighted by Crippen LogP contribution is 2.44. The average Bonchev–Trinajstić information content (AvgIpc) is 3.18. The SMILES string of the molecule is CC[C@H]1OC(=O)[C@H](C)[C@H](O[C@@H]2C[C@](C)(OC)[C@@](O)(CNc3ccc(F)cn3)[C@H](C)O2)[C@H](C)[C@@H](O[C@@H]2O[C@H](C)C[C@H](N(C)C)[C@H]2O)C(C)(C)C[C@@H](C)NC[C@H](C)[C@@H](O)[C@]1(C)O. The summed E-state index contributed by atoms with van der Waals surface area (Å²) >= 11 is 0. The second kappa shape index (κ2) is 20.2. The molecule has 0 bridgehead atoms. The summed E-state index contributed by atoms with van der Waals surface area (Å²) in [6.07, 6.45) is -5.49. The average molecular weight is 857 g/mol. The van der Waals surface area contributed by atoms with Gasteiger partial charge in [0.05, 0.1) is 49.2 Å². The molecule has 0 spiro atoms. The first-order valence-corrected chi connectivity index (χ1v) is 21.7. The number of nitrogens with one attached hydrogen (secondary N) is 2. The summed E-state index contributed by atoms with van der Waals surface area (Å²) in [5.74, 6) is -2.76. The maximum absolute atomic E-state index is 14.4. The number of aliphatic hydroxyl groups is 4. The van der Waals surface area contributed by atoms with Crippen LogP contribution in [0.1, 0.15) is 102 Å². The molecule has 3 aliphatic rings. The number of nitrogens with zero attached hydrogens (tertiary/aromatic N) is 2. The second-order valence-electron chi connectivity index (χ2n) is 19.3. The molecule has 60 heavy (non-hydrogen) atoms. The molecule has 0 radical (unpaired) electrons. The van der Waals surface area contributed by atoms with E-state index in [2.05, 4.69) is 36.4 Å². The molecular weight excluding hydrogens is 779 g/mol. The normalized spacial score (nSPS) is 43.8. The summed E-state index contributed by atoms with van der Waals surface area (Å²) in [6.45, 7) is 20.7. The van der Waals surface area contributed by atoms with E-state index in [-0.39, 0.29) is 37.6 Å². The Morgan fingerprint density at radius 1 is 1.02 bits per heavy atom. The standard InChI is InChI=1S/C44H77FN4O11/c1-15-32-43(11,53)37(51)24(2)21-46-25(3)19-41(8,9)38(60-40-35(50)31(49(12)13)18-26(4)56-40)27(5)36(28(6)39(52)58-32)59-34-20-42(10,55-14)44(54,29(7)57-34)23-48-33-17-16-30(45)22-47-33/h16-17,22,24-29,31-32,34-38,40,46,50-51,53-54H,15,18-21,23H2,1-14H3,(H,47,48)/t24-,25+,26+,27-,28+,29-,31-,32+,34+,35+,36+,37+,38+,40-,42-,43+,44+/m0/s1. The predicted molar refractivity (Wildman–Crippen MR) is 224 cm³/mol. The Balaban J connectivity index is 1.78. The molecule has 0 aromatic carbocycles. The monoisotopic (exact) mass is 857 g/mol. The van der Waals surface area contributed by atoms with Crippen LogP contribution in [-0.2, 0) is 33.2 Å². The smallest absolute Gasteiger partial charge is 0.311 e. The number of cyclic esters (lactones) is 1. The number of pyridine rings is 1. The van der Waals surface area contributed by atoms with E-state index >= 15 is 0 Å². The van der Waals surface area contributed by atoms with Gasteiger partial charge in [0.25, 0.3) is 0 Å². The number of aromatic nitrogens is 1. The minimum Gasteiger partial charge on any atom is -0.459 e. The number of anilines is 1. The summed E-state index contributed by atoms with van der Waals surface area (Å²) in [6, 6.07) is 2.42. The maximum Gasteiger partial charge on any atom is 0.311 e. The van der Waals surface area contributed by atoms with Gasteiger partial charge in [-0.25, -0.2) is 9.37 Å². The second-order valence-corrected chi connectivity index (χ2v) is 19.3. The van der Waals surface area contributed by atoms with Crippen LogP contribution in [0.4, 0.5) is 10.2 Å². The van der Waals surface area contributed by atoms with Crippen LogP contribution in [0.2, 0.25) is 0 Å². The van der Waals surface area contributed by atoms with Gasteiger partial charge in [-0.15, -0.1) is 0 Å². The number of ether oxygens (including phenoxy) is 6. The number of methoxy groups -OCH3 is 1. The lowest BCUT2D eigenvalue weighted by Gasteiger charge is -2.53. The number of hydrogen-bond acceptors (Lipinski definition) is 15. The number of hydrogen-bond donors (Lipinski definition) is 6. The molecule has 0 saturated carbocycles. The van der Waals surface area contributed by atoms with Crippen molar-refractivity contribution in [3.8, 4) is 0 Å². The van der Waals surface area contributed by atoms with Gasteiger partial charge in [-0.1, -0.05) is 34.6 Å². The fourth-order valence-corrected chi connectivity index (χ4v) is 9.79. The number of carbonyl (C=O) groups is 1. The number of esters is 1. The Morgan fingerprint density at radius 2 is 1.68 bits per heavy atom. The van der Waals surface area contributed by atoms with Gasteiger partial charge in [-0.05, 0) is 98.4 Å². The van der Waals surface area contributed by atoms with E-state index < -0.39 is 101 Å². The summed E-state index contributed by atoms with van der Waals surface area (Å²) < 4.78 is 52.5. The summed E-state index contributed by atoms with van der Waals surface area (Å²) in [5.41, 5.74) is -5.31. The van der Waals surface area contributed by atoms with Crippen molar-refractivity contribution in [2.75, 3.05) is 39.6 Å². The molecular formula is C44H77FN4O11. The fraction of sp³-hybridized carbons (Fsp3) is 0.864. The van der Waals surface area contributed by atoms with Crippen molar-refractivity contribution in [3.63, 3.8) is 0 Å². The highest BCUT2D eigenvalue weighted by atomic mass is 19.1. The van der Waals surface area contributed by atoms with E-state index in [0.717, 1.165) is 6.20 Å². The molecule has 6 N–H and O–H groups in total. The first-order chi connectivity index (χ1) is 27.8.